The first-order chi connectivity index (χ1) is 13.5. The van der Waals surface area contributed by atoms with Gasteiger partial charge < -0.3 is 9.47 Å². The molecular formula is C22H22FNO4. The van der Waals surface area contributed by atoms with E-state index in [4.69, 9.17) is 9.47 Å². The van der Waals surface area contributed by atoms with Crippen LogP contribution in [-0.4, -0.2) is 23.8 Å². The topological polar surface area (TPSA) is 65.5 Å². The lowest BCUT2D eigenvalue weighted by Gasteiger charge is -2.25. The summed E-state index contributed by atoms with van der Waals surface area (Å²) in [4.78, 5) is 28.6. The smallest absolute Gasteiger partial charge is 0.309 e. The highest BCUT2D eigenvalue weighted by atomic mass is 19.1. The Labute approximate surface area is 162 Å². The molecule has 0 aliphatic heterocycles. The van der Waals surface area contributed by atoms with Crippen molar-refractivity contribution < 1.29 is 23.5 Å². The second-order valence-electron chi connectivity index (χ2n) is 7.58. The maximum atomic E-state index is 13.7. The summed E-state index contributed by atoms with van der Waals surface area (Å²) in [6, 6.07) is 6.10. The Balaban J connectivity index is 1.44. The van der Waals surface area contributed by atoms with E-state index in [0.717, 1.165) is 12.8 Å². The molecule has 6 heteroatoms. The standard InChI is InChI=1S/C22H22FNO4/c1-27-20-5-4-18(23)9-19(20)17-6-13(10-24-11-17)12-28-22(26)16-7-14-2-3-15(8-16)21(14)25/h4-6,9-11,14-16H,2-3,7-8,12H2,1H3/t14-,15+,16?. The number of carbonyl (C=O) groups excluding carboxylic acids is 2. The van der Waals surface area contributed by atoms with Crippen LogP contribution in [-0.2, 0) is 20.9 Å². The van der Waals surface area contributed by atoms with Crippen molar-refractivity contribution in [3.63, 3.8) is 0 Å². The third-order valence-corrected chi connectivity index (χ3v) is 5.79. The molecule has 0 N–H and O–H groups in total. The minimum Gasteiger partial charge on any atom is -0.496 e. The van der Waals surface area contributed by atoms with Gasteiger partial charge in [0, 0.05) is 40.9 Å². The van der Waals surface area contributed by atoms with Crippen LogP contribution in [0.25, 0.3) is 11.1 Å². The molecule has 2 aromatic rings. The maximum absolute atomic E-state index is 13.7. The molecule has 28 heavy (non-hydrogen) atoms. The zero-order chi connectivity index (χ0) is 19.7. The van der Waals surface area contributed by atoms with Crippen LogP contribution in [0.1, 0.15) is 31.2 Å². The lowest BCUT2D eigenvalue weighted by Crippen LogP contribution is -2.31. The number of ketones is 1. The van der Waals surface area contributed by atoms with E-state index in [1.807, 2.05) is 6.07 Å². The van der Waals surface area contributed by atoms with E-state index in [1.165, 1.54) is 19.2 Å². The minimum absolute atomic E-state index is 0.0294. The Morgan fingerprint density at radius 1 is 1.18 bits per heavy atom. The van der Waals surface area contributed by atoms with Gasteiger partial charge in [-0.05, 0) is 49.9 Å². The van der Waals surface area contributed by atoms with Crippen LogP contribution in [0.3, 0.4) is 0 Å². The summed E-state index contributed by atoms with van der Waals surface area (Å²) in [5.41, 5.74) is 1.99. The number of hydrogen-bond acceptors (Lipinski definition) is 5. The molecule has 2 aliphatic rings. The lowest BCUT2D eigenvalue weighted by atomic mass is 9.80. The van der Waals surface area contributed by atoms with Crippen LogP contribution < -0.4 is 4.74 Å². The molecule has 1 heterocycles. The Hall–Kier alpha value is -2.76. The van der Waals surface area contributed by atoms with Crippen LogP contribution in [0, 0.1) is 23.6 Å². The number of hydrogen-bond donors (Lipinski definition) is 0. The average molecular weight is 383 g/mol. The van der Waals surface area contributed by atoms with Crippen LogP contribution in [0.2, 0.25) is 0 Å². The molecule has 0 amide bonds. The van der Waals surface area contributed by atoms with Gasteiger partial charge in [0.1, 0.15) is 24.0 Å². The number of esters is 1. The summed E-state index contributed by atoms with van der Waals surface area (Å²) in [5, 5.41) is 0. The molecule has 0 saturated heterocycles. The van der Waals surface area contributed by atoms with Crippen molar-refractivity contribution in [3.8, 4) is 16.9 Å². The number of benzene rings is 1. The van der Waals surface area contributed by atoms with E-state index in [9.17, 15) is 14.0 Å². The third-order valence-electron chi connectivity index (χ3n) is 5.79. The highest BCUT2D eigenvalue weighted by Gasteiger charge is 2.44. The Morgan fingerprint density at radius 3 is 2.64 bits per heavy atom. The molecule has 5 nitrogen and oxygen atoms in total. The van der Waals surface area contributed by atoms with Gasteiger partial charge in [-0.25, -0.2) is 4.39 Å². The monoisotopic (exact) mass is 383 g/mol. The lowest BCUT2D eigenvalue weighted by molar-refractivity contribution is -0.152. The largest absolute Gasteiger partial charge is 0.496 e. The highest BCUT2D eigenvalue weighted by molar-refractivity contribution is 5.88. The van der Waals surface area contributed by atoms with Gasteiger partial charge in [0.05, 0.1) is 13.0 Å². The second kappa shape index (κ2) is 7.70. The fourth-order valence-electron chi connectivity index (χ4n) is 4.36. The number of aromatic nitrogens is 1. The molecule has 2 saturated carbocycles. The van der Waals surface area contributed by atoms with Crippen LogP contribution in [0.5, 0.6) is 5.75 Å². The summed E-state index contributed by atoms with van der Waals surface area (Å²) >= 11 is 0. The van der Waals surface area contributed by atoms with E-state index >= 15 is 0 Å². The normalized spacial score (nSPS) is 23.5. The fourth-order valence-corrected chi connectivity index (χ4v) is 4.36. The number of pyridine rings is 1. The Morgan fingerprint density at radius 2 is 1.93 bits per heavy atom. The van der Waals surface area contributed by atoms with Crippen LogP contribution in [0.15, 0.2) is 36.7 Å². The van der Waals surface area contributed by atoms with Crippen molar-refractivity contribution in [2.24, 2.45) is 17.8 Å². The van der Waals surface area contributed by atoms with Crippen molar-refractivity contribution in [3.05, 3.63) is 48.0 Å². The molecular weight excluding hydrogens is 361 g/mol. The van der Waals surface area contributed by atoms with E-state index in [-0.39, 0.29) is 36.1 Å². The zero-order valence-corrected chi connectivity index (χ0v) is 15.7. The molecule has 2 aliphatic carbocycles. The first kappa shape index (κ1) is 18.6. The quantitative estimate of drug-likeness (QED) is 0.732. The van der Waals surface area contributed by atoms with Gasteiger partial charge in [-0.3, -0.25) is 14.6 Å². The minimum atomic E-state index is -0.367. The van der Waals surface area contributed by atoms with Gasteiger partial charge >= 0.3 is 5.97 Å². The van der Waals surface area contributed by atoms with Gasteiger partial charge in [-0.2, -0.15) is 0 Å². The molecule has 2 fully saturated rings. The average Bonchev–Trinajstić information content (AvgIpc) is 2.92. The number of Topliss-reactive ketones (excluding diaryl/α,β-unsaturated/α-hetero) is 1. The SMILES string of the molecule is COc1ccc(F)cc1-c1cncc(COC(=O)C2C[C@H]3CC[C@@H](C2)C3=O)c1. The number of ether oxygens (including phenoxy) is 2. The molecule has 1 aromatic heterocycles. The van der Waals surface area contributed by atoms with Gasteiger partial charge in [0.25, 0.3) is 0 Å². The molecule has 1 aromatic carbocycles. The molecule has 0 spiro atoms. The summed E-state index contributed by atoms with van der Waals surface area (Å²) in [6.45, 7) is 0.0943. The molecule has 3 atom stereocenters. The number of carbonyl (C=O) groups is 2. The molecule has 1 unspecified atom stereocenters. The third kappa shape index (κ3) is 3.63. The first-order valence-electron chi connectivity index (χ1n) is 9.53. The molecule has 4 rings (SSSR count). The van der Waals surface area contributed by atoms with Gasteiger partial charge in [0.2, 0.25) is 0 Å². The number of methoxy groups -OCH3 is 1. The summed E-state index contributed by atoms with van der Waals surface area (Å²) in [5.74, 6) is 0.107. The number of nitrogens with zero attached hydrogens (tertiary/aromatic N) is 1. The molecule has 146 valence electrons. The predicted molar refractivity (Wildman–Crippen MR) is 99.9 cm³/mol. The molecule has 0 radical (unpaired) electrons. The first-order valence-corrected chi connectivity index (χ1v) is 9.53. The number of halogens is 1. The summed E-state index contributed by atoms with van der Waals surface area (Å²) in [6.07, 6.45) is 6.24. The summed E-state index contributed by atoms with van der Waals surface area (Å²) < 4.78 is 24.5. The maximum Gasteiger partial charge on any atom is 0.309 e. The zero-order valence-electron chi connectivity index (χ0n) is 15.7. The number of fused-ring (bicyclic) bond motifs is 2. The summed E-state index contributed by atoms with van der Waals surface area (Å²) in [7, 11) is 1.53. The van der Waals surface area contributed by atoms with Gasteiger partial charge in [-0.1, -0.05) is 0 Å². The molecule has 2 bridgehead atoms. The van der Waals surface area contributed by atoms with E-state index in [0.29, 0.717) is 41.1 Å². The Bertz CT molecular complexity index is 897. The number of rotatable bonds is 5. The second-order valence-corrected chi connectivity index (χ2v) is 7.58. The van der Waals surface area contributed by atoms with Crippen molar-refractivity contribution in [2.75, 3.05) is 7.11 Å². The van der Waals surface area contributed by atoms with Crippen molar-refractivity contribution in [1.82, 2.24) is 4.98 Å². The van der Waals surface area contributed by atoms with Gasteiger partial charge in [0.15, 0.2) is 0 Å². The van der Waals surface area contributed by atoms with Crippen molar-refractivity contribution >= 4 is 11.8 Å². The van der Waals surface area contributed by atoms with Crippen molar-refractivity contribution in [1.29, 1.82) is 0 Å². The van der Waals surface area contributed by atoms with E-state index in [1.54, 1.807) is 18.5 Å². The van der Waals surface area contributed by atoms with Crippen LogP contribution in [0.4, 0.5) is 4.39 Å². The van der Waals surface area contributed by atoms with Crippen molar-refractivity contribution in [2.45, 2.75) is 32.3 Å². The predicted octanol–water partition coefficient (Wildman–Crippen LogP) is 3.94. The van der Waals surface area contributed by atoms with Crippen LogP contribution >= 0.6 is 0 Å². The van der Waals surface area contributed by atoms with E-state index < -0.39 is 0 Å². The fraction of sp³-hybridized carbons (Fsp3) is 0.409. The Kier molecular flexibility index (Phi) is 5.11. The van der Waals surface area contributed by atoms with E-state index in [2.05, 4.69) is 4.98 Å². The van der Waals surface area contributed by atoms with Gasteiger partial charge in [-0.15, -0.1) is 0 Å². The highest BCUT2D eigenvalue weighted by Crippen LogP contribution is 2.42.